The number of fused-ring (bicyclic) bond motifs is 1. The normalized spacial score (nSPS) is 15.3. The number of nitrogens with zero attached hydrogens (tertiary/aromatic N) is 3. The van der Waals surface area contributed by atoms with Gasteiger partial charge in [0.25, 0.3) is 0 Å². The summed E-state index contributed by atoms with van der Waals surface area (Å²) in [6, 6.07) is 14.4. The van der Waals surface area contributed by atoms with Gasteiger partial charge in [0.15, 0.2) is 0 Å². The molecule has 4 rings (SSSR count). The number of nitrogen functional groups attached to an aromatic ring is 1. The van der Waals surface area contributed by atoms with Crippen LogP contribution in [-0.2, 0) is 4.74 Å². The molecule has 2 heterocycles. The van der Waals surface area contributed by atoms with Gasteiger partial charge in [-0.1, -0.05) is 15.9 Å². The second-order valence-electron chi connectivity index (χ2n) is 5.55. The predicted molar refractivity (Wildman–Crippen MR) is 96.2 cm³/mol. The second kappa shape index (κ2) is 5.86. The minimum Gasteiger partial charge on any atom is -0.378 e. The SMILES string of the molecule is Nc1nc2ccc(Br)cc2n1-c1ccc(N2CCOCC2)cc1. The molecule has 1 aromatic heterocycles. The van der Waals surface area contributed by atoms with Crippen molar-refractivity contribution in [2.75, 3.05) is 36.9 Å². The van der Waals surface area contributed by atoms with E-state index in [0.717, 1.165) is 47.5 Å². The summed E-state index contributed by atoms with van der Waals surface area (Å²) in [5.74, 6) is 0.497. The molecule has 118 valence electrons. The molecule has 3 aromatic rings. The van der Waals surface area contributed by atoms with Crippen LogP contribution in [0, 0.1) is 0 Å². The number of nitrogens with two attached hydrogens (primary N) is 1. The topological polar surface area (TPSA) is 56.3 Å². The number of anilines is 2. The number of halogens is 1. The van der Waals surface area contributed by atoms with Gasteiger partial charge >= 0.3 is 0 Å². The van der Waals surface area contributed by atoms with Gasteiger partial charge in [-0.05, 0) is 42.5 Å². The largest absolute Gasteiger partial charge is 0.378 e. The second-order valence-corrected chi connectivity index (χ2v) is 6.47. The van der Waals surface area contributed by atoms with E-state index in [1.807, 2.05) is 22.8 Å². The van der Waals surface area contributed by atoms with Crippen molar-refractivity contribution in [2.45, 2.75) is 0 Å². The van der Waals surface area contributed by atoms with Crippen LogP contribution in [-0.4, -0.2) is 35.9 Å². The summed E-state index contributed by atoms with van der Waals surface area (Å²) in [4.78, 5) is 6.77. The zero-order valence-electron chi connectivity index (χ0n) is 12.6. The Hall–Kier alpha value is -2.05. The number of hydrogen-bond donors (Lipinski definition) is 1. The van der Waals surface area contributed by atoms with E-state index >= 15 is 0 Å². The Labute approximate surface area is 142 Å². The van der Waals surface area contributed by atoms with Gasteiger partial charge in [0.2, 0.25) is 5.95 Å². The van der Waals surface area contributed by atoms with Crippen LogP contribution in [0.25, 0.3) is 16.7 Å². The molecule has 1 aliphatic rings. The van der Waals surface area contributed by atoms with Gasteiger partial charge in [-0.15, -0.1) is 0 Å². The fourth-order valence-corrected chi connectivity index (χ4v) is 3.32. The summed E-state index contributed by atoms with van der Waals surface area (Å²) in [5.41, 5.74) is 10.2. The van der Waals surface area contributed by atoms with Gasteiger partial charge in [-0.25, -0.2) is 4.98 Å². The van der Waals surface area contributed by atoms with E-state index in [2.05, 4.69) is 50.1 Å². The standard InChI is InChI=1S/C17H17BrN4O/c18-12-1-6-15-16(11-12)22(17(19)20-15)14-4-2-13(3-5-14)21-7-9-23-10-8-21/h1-6,11H,7-10H2,(H2,19,20). The third-order valence-corrected chi connectivity index (χ3v) is 4.62. The van der Waals surface area contributed by atoms with Gasteiger partial charge in [0.1, 0.15) is 0 Å². The maximum Gasteiger partial charge on any atom is 0.205 e. The van der Waals surface area contributed by atoms with E-state index in [0.29, 0.717) is 5.95 Å². The number of imidazole rings is 1. The van der Waals surface area contributed by atoms with Gasteiger partial charge in [-0.2, -0.15) is 0 Å². The van der Waals surface area contributed by atoms with E-state index < -0.39 is 0 Å². The molecule has 1 saturated heterocycles. The molecule has 5 nitrogen and oxygen atoms in total. The van der Waals surface area contributed by atoms with Crippen molar-refractivity contribution < 1.29 is 4.74 Å². The van der Waals surface area contributed by atoms with Crippen molar-refractivity contribution >= 4 is 38.6 Å². The minimum absolute atomic E-state index is 0.497. The van der Waals surface area contributed by atoms with Crippen molar-refractivity contribution in [1.29, 1.82) is 0 Å². The zero-order valence-corrected chi connectivity index (χ0v) is 14.2. The van der Waals surface area contributed by atoms with Crippen molar-refractivity contribution in [3.05, 3.63) is 46.9 Å². The first-order valence-electron chi connectivity index (χ1n) is 7.59. The minimum atomic E-state index is 0.497. The van der Waals surface area contributed by atoms with Gasteiger partial charge in [0.05, 0.1) is 24.2 Å². The molecule has 0 spiro atoms. The van der Waals surface area contributed by atoms with Crippen LogP contribution in [0.15, 0.2) is 46.9 Å². The van der Waals surface area contributed by atoms with Crippen molar-refractivity contribution in [3.8, 4) is 5.69 Å². The van der Waals surface area contributed by atoms with Crippen LogP contribution < -0.4 is 10.6 Å². The van der Waals surface area contributed by atoms with E-state index in [9.17, 15) is 0 Å². The van der Waals surface area contributed by atoms with Crippen LogP contribution in [0.1, 0.15) is 0 Å². The first-order chi connectivity index (χ1) is 11.2. The maximum absolute atomic E-state index is 6.13. The number of morpholine rings is 1. The summed E-state index contributed by atoms with van der Waals surface area (Å²) in [5, 5.41) is 0. The highest BCUT2D eigenvalue weighted by molar-refractivity contribution is 9.10. The molecule has 0 amide bonds. The van der Waals surface area contributed by atoms with Crippen molar-refractivity contribution in [2.24, 2.45) is 0 Å². The monoisotopic (exact) mass is 372 g/mol. The summed E-state index contributed by atoms with van der Waals surface area (Å²) >= 11 is 3.51. The van der Waals surface area contributed by atoms with Crippen LogP contribution in [0.5, 0.6) is 0 Å². The molecule has 1 aliphatic heterocycles. The fraction of sp³-hybridized carbons (Fsp3) is 0.235. The predicted octanol–water partition coefficient (Wildman–Crippen LogP) is 3.21. The highest BCUT2D eigenvalue weighted by Crippen LogP contribution is 2.27. The molecule has 6 heteroatoms. The lowest BCUT2D eigenvalue weighted by molar-refractivity contribution is 0.122. The summed E-state index contributed by atoms with van der Waals surface area (Å²) in [6.07, 6.45) is 0. The first kappa shape index (κ1) is 14.5. The Balaban J connectivity index is 1.73. The lowest BCUT2D eigenvalue weighted by Crippen LogP contribution is -2.36. The molecular formula is C17H17BrN4O. The molecular weight excluding hydrogens is 356 g/mol. The average Bonchev–Trinajstić information content (AvgIpc) is 2.91. The summed E-state index contributed by atoms with van der Waals surface area (Å²) in [7, 11) is 0. The fourth-order valence-electron chi connectivity index (χ4n) is 2.97. The number of ether oxygens (including phenoxy) is 1. The highest BCUT2D eigenvalue weighted by Gasteiger charge is 2.13. The molecule has 0 unspecified atom stereocenters. The third-order valence-electron chi connectivity index (χ3n) is 4.13. The van der Waals surface area contributed by atoms with Crippen LogP contribution in [0.4, 0.5) is 11.6 Å². The molecule has 0 saturated carbocycles. The van der Waals surface area contributed by atoms with Crippen LogP contribution in [0.2, 0.25) is 0 Å². The van der Waals surface area contributed by atoms with E-state index in [-0.39, 0.29) is 0 Å². The van der Waals surface area contributed by atoms with Gasteiger partial charge in [-0.3, -0.25) is 4.57 Å². The van der Waals surface area contributed by atoms with Crippen molar-refractivity contribution in [1.82, 2.24) is 9.55 Å². The smallest absolute Gasteiger partial charge is 0.205 e. The van der Waals surface area contributed by atoms with Crippen LogP contribution in [0.3, 0.4) is 0 Å². The lowest BCUT2D eigenvalue weighted by Gasteiger charge is -2.29. The average molecular weight is 373 g/mol. The third kappa shape index (κ3) is 2.68. The molecule has 0 aliphatic carbocycles. The van der Waals surface area contributed by atoms with Gasteiger partial charge in [0, 0.05) is 28.9 Å². The Kier molecular flexibility index (Phi) is 3.71. The van der Waals surface area contributed by atoms with Crippen molar-refractivity contribution in [3.63, 3.8) is 0 Å². The molecule has 0 radical (unpaired) electrons. The Morgan fingerprint density at radius 2 is 1.70 bits per heavy atom. The quantitative estimate of drug-likeness (QED) is 0.750. The van der Waals surface area contributed by atoms with E-state index in [1.54, 1.807) is 0 Å². The molecule has 1 fully saturated rings. The van der Waals surface area contributed by atoms with Crippen LogP contribution >= 0.6 is 15.9 Å². The molecule has 0 bridgehead atoms. The molecule has 0 atom stereocenters. The number of aromatic nitrogens is 2. The van der Waals surface area contributed by atoms with Gasteiger partial charge < -0.3 is 15.4 Å². The first-order valence-corrected chi connectivity index (χ1v) is 8.38. The Bertz CT molecular complexity index is 838. The highest BCUT2D eigenvalue weighted by atomic mass is 79.9. The lowest BCUT2D eigenvalue weighted by atomic mass is 10.2. The zero-order chi connectivity index (χ0) is 15.8. The number of rotatable bonds is 2. The summed E-state index contributed by atoms with van der Waals surface area (Å²) in [6.45, 7) is 3.44. The Morgan fingerprint density at radius 3 is 2.43 bits per heavy atom. The summed E-state index contributed by atoms with van der Waals surface area (Å²) < 4.78 is 8.39. The number of benzene rings is 2. The Morgan fingerprint density at radius 1 is 1.00 bits per heavy atom. The van der Waals surface area contributed by atoms with E-state index in [1.165, 1.54) is 5.69 Å². The van der Waals surface area contributed by atoms with E-state index in [4.69, 9.17) is 10.5 Å². The molecule has 23 heavy (non-hydrogen) atoms. The maximum atomic E-state index is 6.13. The molecule has 2 aromatic carbocycles. The number of hydrogen-bond acceptors (Lipinski definition) is 4. The molecule has 2 N–H and O–H groups in total.